The van der Waals surface area contributed by atoms with Crippen molar-refractivity contribution in [3.8, 4) is 0 Å². The predicted octanol–water partition coefficient (Wildman–Crippen LogP) is 5.93. The van der Waals surface area contributed by atoms with Crippen molar-refractivity contribution in [1.29, 1.82) is 0 Å². The van der Waals surface area contributed by atoms with Gasteiger partial charge in [-0.15, -0.1) is 0 Å². The van der Waals surface area contributed by atoms with Gasteiger partial charge in [-0.1, -0.05) is 48.0 Å². The third kappa shape index (κ3) is 3.44. The summed E-state index contributed by atoms with van der Waals surface area (Å²) >= 11 is 0. The van der Waals surface area contributed by atoms with Crippen LogP contribution in [0.4, 0.5) is 19.3 Å². The average Bonchev–Trinajstić information content (AvgIpc) is 3.15. The van der Waals surface area contributed by atoms with Crippen LogP contribution in [0.5, 0.6) is 0 Å². The van der Waals surface area contributed by atoms with E-state index in [1.807, 2.05) is 49.4 Å². The average molecular weight is 417 g/mol. The number of hydrogen-bond acceptors (Lipinski definition) is 1. The zero-order chi connectivity index (χ0) is 21.5. The van der Waals surface area contributed by atoms with E-state index in [4.69, 9.17) is 0 Å². The molecular formula is C25H21F2N3O. The summed E-state index contributed by atoms with van der Waals surface area (Å²) in [7, 11) is 0. The molecule has 0 bridgehead atoms. The lowest BCUT2D eigenvalue weighted by molar-refractivity contribution is 0.193. The van der Waals surface area contributed by atoms with Crippen LogP contribution in [0.15, 0.2) is 66.7 Å². The largest absolute Gasteiger partial charge is 0.356 e. The maximum absolute atomic E-state index is 14.1. The quantitative estimate of drug-likeness (QED) is 0.417. The van der Waals surface area contributed by atoms with E-state index in [2.05, 4.69) is 16.4 Å². The summed E-state index contributed by atoms with van der Waals surface area (Å²) in [4.78, 5) is 18.4. The maximum Gasteiger partial charge on any atom is 0.322 e. The molecule has 5 rings (SSSR count). The van der Waals surface area contributed by atoms with E-state index in [-0.39, 0.29) is 11.7 Å². The number of nitrogens with zero attached hydrogens (tertiary/aromatic N) is 1. The van der Waals surface area contributed by atoms with Crippen molar-refractivity contribution >= 4 is 22.6 Å². The second-order valence-corrected chi connectivity index (χ2v) is 7.87. The molecule has 156 valence electrons. The summed E-state index contributed by atoms with van der Waals surface area (Å²) in [6, 6.07) is 18.3. The molecule has 0 aliphatic carbocycles. The molecule has 1 unspecified atom stereocenters. The molecule has 0 saturated heterocycles. The van der Waals surface area contributed by atoms with Crippen LogP contribution in [-0.4, -0.2) is 22.5 Å². The minimum atomic E-state index is -0.676. The Morgan fingerprint density at radius 3 is 2.65 bits per heavy atom. The van der Waals surface area contributed by atoms with Gasteiger partial charge in [0.25, 0.3) is 0 Å². The Kier molecular flexibility index (Phi) is 4.70. The molecular weight excluding hydrogens is 396 g/mol. The lowest BCUT2D eigenvalue weighted by atomic mass is 9.92. The normalized spacial score (nSPS) is 15.7. The van der Waals surface area contributed by atoms with Crippen molar-refractivity contribution in [2.45, 2.75) is 19.4 Å². The highest BCUT2D eigenvalue weighted by Gasteiger charge is 2.34. The van der Waals surface area contributed by atoms with Crippen LogP contribution in [0, 0.1) is 18.6 Å². The molecule has 31 heavy (non-hydrogen) atoms. The SMILES string of the molecule is Cc1ccc(C2c3[nH]c4ccccc4c3CCN2C(=O)Nc2cc(F)ccc2F)cc1. The van der Waals surface area contributed by atoms with Crippen molar-refractivity contribution in [2.24, 2.45) is 0 Å². The van der Waals surface area contributed by atoms with Crippen molar-refractivity contribution in [3.63, 3.8) is 0 Å². The fourth-order valence-corrected chi connectivity index (χ4v) is 4.34. The Hall–Kier alpha value is -3.67. The zero-order valence-corrected chi connectivity index (χ0v) is 17.0. The second kappa shape index (κ2) is 7.54. The summed E-state index contributed by atoms with van der Waals surface area (Å²) in [5, 5.41) is 3.70. The molecule has 0 radical (unpaired) electrons. The van der Waals surface area contributed by atoms with Crippen LogP contribution in [0.2, 0.25) is 0 Å². The smallest absolute Gasteiger partial charge is 0.322 e. The number of rotatable bonds is 2. The number of carbonyl (C=O) groups excluding carboxylic acids is 1. The standard InChI is InChI=1S/C25H21F2N3O/c1-15-6-8-16(9-7-15)24-23-19(18-4-2-3-5-21(18)28-23)12-13-30(24)25(31)29-22-14-17(26)10-11-20(22)27/h2-11,14,24,28H,12-13H2,1H3,(H,29,31). The molecule has 1 aromatic heterocycles. The first-order valence-corrected chi connectivity index (χ1v) is 10.2. The first-order valence-electron chi connectivity index (χ1n) is 10.2. The van der Waals surface area contributed by atoms with E-state index in [0.717, 1.165) is 45.9 Å². The van der Waals surface area contributed by atoms with Crippen LogP contribution in [0.25, 0.3) is 10.9 Å². The lowest BCUT2D eigenvalue weighted by Crippen LogP contribution is -2.43. The van der Waals surface area contributed by atoms with Crippen molar-refractivity contribution in [2.75, 3.05) is 11.9 Å². The van der Waals surface area contributed by atoms with E-state index in [1.54, 1.807) is 4.90 Å². The second-order valence-electron chi connectivity index (χ2n) is 7.87. The van der Waals surface area contributed by atoms with E-state index in [0.29, 0.717) is 13.0 Å². The highest BCUT2D eigenvalue weighted by Crippen LogP contribution is 2.38. The fraction of sp³-hybridized carbons (Fsp3) is 0.160. The van der Waals surface area contributed by atoms with E-state index >= 15 is 0 Å². The van der Waals surface area contributed by atoms with Crippen LogP contribution < -0.4 is 5.32 Å². The van der Waals surface area contributed by atoms with E-state index in [9.17, 15) is 13.6 Å². The Bertz CT molecular complexity index is 1280. The summed E-state index contributed by atoms with van der Waals surface area (Å²) < 4.78 is 27.7. The first kappa shape index (κ1) is 19.3. The predicted molar refractivity (Wildman–Crippen MR) is 117 cm³/mol. The highest BCUT2D eigenvalue weighted by atomic mass is 19.1. The van der Waals surface area contributed by atoms with Gasteiger partial charge in [0.2, 0.25) is 0 Å². The number of aromatic nitrogens is 1. The van der Waals surface area contributed by atoms with Crippen LogP contribution in [0.3, 0.4) is 0 Å². The number of urea groups is 1. The summed E-state index contributed by atoms with van der Waals surface area (Å²) in [5.41, 5.74) is 5.05. The molecule has 0 fully saturated rings. The number of halogens is 2. The van der Waals surface area contributed by atoms with Gasteiger partial charge in [-0.05, 0) is 42.7 Å². The number of benzene rings is 3. The zero-order valence-electron chi connectivity index (χ0n) is 17.0. The summed E-state index contributed by atoms with van der Waals surface area (Å²) in [6.45, 7) is 2.46. The molecule has 2 N–H and O–H groups in total. The molecule has 1 aliphatic heterocycles. The number of anilines is 1. The van der Waals surface area contributed by atoms with Gasteiger partial charge < -0.3 is 15.2 Å². The Labute approximate surface area is 178 Å². The fourth-order valence-electron chi connectivity index (χ4n) is 4.34. The topological polar surface area (TPSA) is 48.1 Å². The summed E-state index contributed by atoms with van der Waals surface area (Å²) in [6.07, 6.45) is 0.667. The molecule has 1 atom stereocenters. The van der Waals surface area contributed by atoms with Crippen molar-refractivity contribution < 1.29 is 13.6 Å². The molecule has 1 aliphatic rings. The van der Waals surface area contributed by atoms with Crippen molar-refractivity contribution in [3.05, 3.63) is 101 Å². The molecule has 2 amide bonds. The number of aryl methyl sites for hydroxylation is 1. The Morgan fingerprint density at radius 1 is 1.06 bits per heavy atom. The molecule has 4 aromatic rings. The molecule has 6 heteroatoms. The molecule has 0 saturated carbocycles. The monoisotopic (exact) mass is 417 g/mol. The van der Waals surface area contributed by atoms with Crippen LogP contribution in [0.1, 0.15) is 28.4 Å². The first-order chi connectivity index (χ1) is 15.0. The van der Waals surface area contributed by atoms with E-state index < -0.39 is 17.7 Å². The number of H-pyrrole nitrogens is 1. The molecule has 2 heterocycles. The number of hydrogen-bond donors (Lipinski definition) is 2. The van der Waals surface area contributed by atoms with Gasteiger partial charge in [0.15, 0.2) is 0 Å². The van der Waals surface area contributed by atoms with Crippen molar-refractivity contribution in [1.82, 2.24) is 9.88 Å². The summed E-state index contributed by atoms with van der Waals surface area (Å²) in [5.74, 6) is -1.28. The number of amides is 2. The minimum Gasteiger partial charge on any atom is -0.356 e. The molecule has 3 aromatic carbocycles. The van der Waals surface area contributed by atoms with Gasteiger partial charge in [0, 0.05) is 29.2 Å². The Balaban J connectivity index is 1.58. The van der Waals surface area contributed by atoms with Gasteiger partial charge >= 0.3 is 6.03 Å². The van der Waals surface area contributed by atoms with Gasteiger partial charge in [0.05, 0.1) is 11.7 Å². The maximum atomic E-state index is 14.1. The third-order valence-electron chi connectivity index (χ3n) is 5.86. The Morgan fingerprint density at radius 2 is 1.84 bits per heavy atom. The number of carbonyl (C=O) groups is 1. The lowest BCUT2D eigenvalue weighted by Gasteiger charge is -2.36. The molecule has 4 nitrogen and oxygen atoms in total. The van der Waals surface area contributed by atoms with Gasteiger partial charge in [0.1, 0.15) is 11.6 Å². The van der Waals surface area contributed by atoms with Crippen LogP contribution >= 0.6 is 0 Å². The van der Waals surface area contributed by atoms with Gasteiger partial charge in [-0.25, -0.2) is 13.6 Å². The number of aromatic amines is 1. The molecule has 0 spiro atoms. The van der Waals surface area contributed by atoms with E-state index in [1.165, 1.54) is 5.56 Å². The van der Waals surface area contributed by atoms with Gasteiger partial charge in [-0.2, -0.15) is 0 Å². The minimum absolute atomic E-state index is 0.171. The number of fused-ring (bicyclic) bond motifs is 3. The van der Waals surface area contributed by atoms with Crippen LogP contribution in [-0.2, 0) is 6.42 Å². The number of nitrogens with one attached hydrogen (secondary N) is 2. The van der Waals surface area contributed by atoms with Gasteiger partial charge in [-0.3, -0.25) is 0 Å². The highest BCUT2D eigenvalue weighted by molar-refractivity contribution is 5.91. The number of para-hydroxylation sites is 1. The third-order valence-corrected chi connectivity index (χ3v) is 5.86.